The van der Waals surface area contributed by atoms with E-state index in [0.29, 0.717) is 40.2 Å². The highest BCUT2D eigenvalue weighted by molar-refractivity contribution is 6.80. The van der Waals surface area contributed by atoms with E-state index in [0.717, 1.165) is 80.5 Å². The van der Waals surface area contributed by atoms with Crippen molar-refractivity contribution in [1.29, 1.82) is 0 Å². The number of hydrogen-bond donors (Lipinski definition) is 4. The second-order valence-corrected chi connectivity index (χ2v) is 17.2. The van der Waals surface area contributed by atoms with Crippen LogP contribution in [0.25, 0.3) is 32.7 Å². The van der Waals surface area contributed by atoms with E-state index in [1.165, 1.54) is 38.5 Å². The van der Waals surface area contributed by atoms with Gasteiger partial charge in [0.1, 0.15) is 17.3 Å². The van der Waals surface area contributed by atoms with Crippen molar-refractivity contribution in [2.75, 3.05) is 28.9 Å². The van der Waals surface area contributed by atoms with E-state index in [-0.39, 0.29) is 24.1 Å². The third-order valence-corrected chi connectivity index (χ3v) is 13.1. The van der Waals surface area contributed by atoms with Crippen molar-refractivity contribution in [3.05, 3.63) is 131 Å². The number of carbonyl (C=O) groups is 1. The quantitative estimate of drug-likeness (QED) is 0.0680. The molecular formula is C52H56B2N4O4. The standard InChI is InChI=1S/C52H56B2N4O4/c1-5-9-13-33(7-3)31-61-39-25-21-37(22-26-39)53-55-43-17-11-15-35-19-29-41(49(57-53)45(35)43)47-51(59)48(52(47)60)42-30-20-36-16-12-18-44-46(36)50(42)58-54(56-44)38-23-27-40(28-24-38)62-32-34(8-4)14-10-6-2/h11-12,15-30,33-34,55-57,59H,5-10,13-14,31-32H2,1-4H3/b48-42+. The van der Waals surface area contributed by atoms with E-state index >= 15 is 0 Å². The second kappa shape index (κ2) is 18.1. The molecule has 62 heavy (non-hydrogen) atoms. The number of Topliss-reactive ketones (excluding diaryl/α,β-unsaturated/α-hetero) is 1. The predicted octanol–water partition coefficient (Wildman–Crippen LogP) is 9.56. The maximum Gasteiger partial charge on any atom is 0.427 e. The lowest BCUT2D eigenvalue weighted by atomic mass is 9.65. The summed E-state index contributed by atoms with van der Waals surface area (Å²) in [7, 11) is 0. The number of allylic oxidation sites excluding steroid dienone is 2. The number of benzene rings is 6. The topological polar surface area (TPSA) is 104 Å². The molecule has 314 valence electrons. The monoisotopic (exact) mass is 822 g/mol. The number of anilines is 3. The van der Waals surface area contributed by atoms with Crippen LogP contribution in [0.15, 0.2) is 120 Å². The first-order valence-corrected chi connectivity index (χ1v) is 22.8. The van der Waals surface area contributed by atoms with E-state index in [1.807, 2.05) is 60.7 Å². The Morgan fingerprint density at radius 3 is 1.81 bits per heavy atom. The van der Waals surface area contributed by atoms with Gasteiger partial charge in [0, 0.05) is 38.6 Å². The van der Waals surface area contributed by atoms with Gasteiger partial charge in [-0.3, -0.25) is 4.79 Å². The number of unbranched alkanes of at least 4 members (excludes halogenated alkanes) is 2. The third-order valence-electron chi connectivity index (χ3n) is 13.1. The summed E-state index contributed by atoms with van der Waals surface area (Å²) in [5, 5.41) is 28.3. The zero-order valence-electron chi connectivity index (χ0n) is 36.4. The van der Waals surface area contributed by atoms with Gasteiger partial charge in [0.2, 0.25) is 5.78 Å². The molecule has 0 bridgehead atoms. The van der Waals surface area contributed by atoms with E-state index in [2.05, 4.69) is 91.9 Å². The molecule has 0 amide bonds. The van der Waals surface area contributed by atoms with Crippen molar-refractivity contribution < 1.29 is 19.4 Å². The van der Waals surface area contributed by atoms with E-state index < -0.39 is 6.98 Å². The second-order valence-electron chi connectivity index (χ2n) is 17.2. The first kappa shape index (κ1) is 41.2. The SMILES string of the molecule is CCCCC(CC)COc1ccc(B2N=c3/c(=C4/C(=O)C(c5ccc6cccc7c6c5NB(c5ccc(OCC(CC)CCCC)cc5)N7)=C4O)ccc4cccc(c34)N2)cc1. The summed E-state index contributed by atoms with van der Waals surface area (Å²) in [6.45, 7) is 9.69. The van der Waals surface area contributed by atoms with Gasteiger partial charge in [0.15, 0.2) is 0 Å². The fraction of sp³-hybridized carbons (Fsp3) is 0.308. The number of ketones is 1. The fourth-order valence-corrected chi connectivity index (χ4v) is 9.27. The summed E-state index contributed by atoms with van der Waals surface area (Å²) in [6.07, 6.45) is 9.41. The highest BCUT2D eigenvalue weighted by atomic mass is 16.5. The molecule has 2 unspecified atom stereocenters. The Balaban J connectivity index is 1.04. The van der Waals surface area contributed by atoms with Gasteiger partial charge in [-0.05, 0) is 82.8 Å². The molecule has 0 saturated heterocycles. The van der Waals surface area contributed by atoms with Crippen molar-refractivity contribution in [2.45, 2.75) is 79.1 Å². The summed E-state index contributed by atoms with van der Waals surface area (Å²) in [6, 6.07) is 36.6. The first-order chi connectivity index (χ1) is 30.4. The van der Waals surface area contributed by atoms with Crippen molar-refractivity contribution in [3.8, 4) is 11.5 Å². The molecule has 1 aliphatic carbocycles. The van der Waals surface area contributed by atoms with Crippen LogP contribution in [0, 0.1) is 11.8 Å². The third kappa shape index (κ3) is 7.92. The van der Waals surface area contributed by atoms with Crippen LogP contribution in [-0.4, -0.2) is 38.1 Å². The van der Waals surface area contributed by atoms with Crippen LogP contribution in [0.4, 0.5) is 17.1 Å². The Labute approximate surface area is 365 Å². The van der Waals surface area contributed by atoms with E-state index in [4.69, 9.17) is 14.4 Å². The minimum Gasteiger partial charge on any atom is -0.506 e. The molecular weight excluding hydrogens is 766 g/mol. The molecule has 2 aliphatic heterocycles. The molecule has 4 N–H and O–H groups in total. The van der Waals surface area contributed by atoms with E-state index in [9.17, 15) is 9.90 Å². The number of nitrogens with one attached hydrogen (secondary N) is 3. The molecule has 8 nitrogen and oxygen atoms in total. The van der Waals surface area contributed by atoms with Crippen molar-refractivity contribution in [3.63, 3.8) is 0 Å². The molecule has 2 atom stereocenters. The van der Waals surface area contributed by atoms with Gasteiger partial charge >= 0.3 is 14.0 Å². The van der Waals surface area contributed by atoms with Crippen LogP contribution < -0.4 is 46.7 Å². The van der Waals surface area contributed by atoms with Gasteiger partial charge in [-0.2, -0.15) is 0 Å². The minimum atomic E-state index is -0.394. The van der Waals surface area contributed by atoms with Gasteiger partial charge < -0.3 is 35.2 Å². The van der Waals surface area contributed by atoms with Gasteiger partial charge in [-0.15, -0.1) is 0 Å². The largest absolute Gasteiger partial charge is 0.506 e. The lowest BCUT2D eigenvalue weighted by Gasteiger charge is -2.31. The highest BCUT2D eigenvalue weighted by Crippen LogP contribution is 2.45. The number of hydrogen-bond acceptors (Lipinski definition) is 8. The lowest BCUT2D eigenvalue weighted by molar-refractivity contribution is -0.109. The Morgan fingerprint density at radius 2 is 1.21 bits per heavy atom. The van der Waals surface area contributed by atoms with Crippen LogP contribution in [0.2, 0.25) is 0 Å². The number of carbonyl (C=O) groups excluding carboxylic acids is 1. The van der Waals surface area contributed by atoms with Crippen LogP contribution in [0.1, 0.15) is 84.6 Å². The van der Waals surface area contributed by atoms with Crippen molar-refractivity contribution in [1.82, 2.24) is 0 Å². The summed E-state index contributed by atoms with van der Waals surface area (Å²) < 4.78 is 12.4. The first-order valence-electron chi connectivity index (χ1n) is 22.8. The number of rotatable bonds is 17. The van der Waals surface area contributed by atoms with Gasteiger partial charge in [-0.1, -0.05) is 139 Å². The Bertz CT molecular complexity index is 2790. The number of aliphatic hydroxyl groups excluding tert-OH is 1. The molecule has 3 aliphatic rings. The van der Waals surface area contributed by atoms with E-state index in [1.54, 1.807) is 0 Å². The molecule has 9 rings (SSSR count). The van der Waals surface area contributed by atoms with Gasteiger partial charge in [-0.25, -0.2) is 0 Å². The summed E-state index contributed by atoms with van der Waals surface area (Å²) >= 11 is 0. The summed E-state index contributed by atoms with van der Waals surface area (Å²) in [5.41, 5.74) is 5.98. The maximum atomic E-state index is 14.6. The number of nitrogens with zero attached hydrogens (tertiary/aromatic N) is 1. The zero-order valence-corrected chi connectivity index (χ0v) is 36.4. The Kier molecular flexibility index (Phi) is 12.0. The number of aliphatic hydroxyl groups is 1. The van der Waals surface area contributed by atoms with Crippen molar-refractivity contribution >= 4 is 80.4 Å². The predicted molar refractivity (Wildman–Crippen MR) is 259 cm³/mol. The molecule has 0 aromatic heterocycles. The summed E-state index contributed by atoms with van der Waals surface area (Å²) in [4.78, 5) is 19.8. The highest BCUT2D eigenvalue weighted by Gasteiger charge is 2.39. The number of ether oxygens (including phenoxy) is 2. The normalized spacial score (nSPS) is 16.0. The van der Waals surface area contributed by atoms with Crippen LogP contribution in [0.3, 0.4) is 0 Å². The molecule has 0 fully saturated rings. The molecule has 0 spiro atoms. The minimum absolute atomic E-state index is 0.0185. The molecule has 10 heteroatoms. The molecule has 0 radical (unpaired) electrons. The average molecular weight is 823 g/mol. The zero-order chi connectivity index (χ0) is 42.7. The average Bonchev–Trinajstić information content (AvgIpc) is 3.31. The molecule has 6 aromatic rings. The molecule has 0 saturated carbocycles. The molecule has 6 aromatic carbocycles. The van der Waals surface area contributed by atoms with Crippen LogP contribution in [0.5, 0.6) is 11.5 Å². The Morgan fingerprint density at radius 1 is 0.629 bits per heavy atom. The fourth-order valence-electron chi connectivity index (χ4n) is 9.27. The van der Waals surface area contributed by atoms with Gasteiger partial charge in [0.05, 0.1) is 29.7 Å². The summed E-state index contributed by atoms with van der Waals surface area (Å²) in [5.74, 6) is 2.58. The van der Waals surface area contributed by atoms with Crippen LogP contribution in [-0.2, 0) is 4.79 Å². The van der Waals surface area contributed by atoms with Crippen molar-refractivity contribution in [2.24, 2.45) is 16.7 Å². The molecule has 2 heterocycles. The van der Waals surface area contributed by atoms with Crippen LogP contribution >= 0.6 is 0 Å². The smallest absolute Gasteiger partial charge is 0.427 e. The van der Waals surface area contributed by atoms with Gasteiger partial charge in [0.25, 0.3) is 0 Å². The maximum absolute atomic E-state index is 14.6. The lowest BCUT2D eigenvalue weighted by Crippen LogP contribution is -2.48. The Hall–Kier alpha value is -6.15.